The number of pyridine rings is 1. The Bertz CT molecular complexity index is 1140. The SMILES string of the molecule is N#Cc1cc(CNC(=O)c2cc(NC(=O)c3cc(F)c(F)cc3Cl)[nH]n2)ccn1. The number of nitrogens with one attached hydrogen (secondary N) is 3. The number of carbonyl (C=O) groups excluding carboxylic acids is 2. The van der Waals surface area contributed by atoms with Crippen LogP contribution in [0.5, 0.6) is 0 Å². The number of nitrogens with zero attached hydrogens (tertiary/aromatic N) is 3. The van der Waals surface area contributed by atoms with E-state index < -0.39 is 23.4 Å². The molecule has 3 aromatic rings. The van der Waals surface area contributed by atoms with Crippen LogP contribution < -0.4 is 10.6 Å². The summed E-state index contributed by atoms with van der Waals surface area (Å²) < 4.78 is 26.4. The molecule has 0 aliphatic heterocycles. The second kappa shape index (κ2) is 8.45. The molecule has 2 aromatic heterocycles. The maximum atomic E-state index is 13.3. The van der Waals surface area contributed by atoms with Gasteiger partial charge in [0.05, 0.1) is 10.6 Å². The number of rotatable bonds is 5. The second-order valence-corrected chi connectivity index (χ2v) is 6.12. The Morgan fingerprint density at radius 3 is 2.69 bits per heavy atom. The van der Waals surface area contributed by atoms with E-state index >= 15 is 0 Å². The van der Waals surface area contributed by atoms with Gasteiger partial charge in [-0.3, -0.25) is 14.7 Å². The largest absolute Gasteiger partial charge is 0.347 e. The molecule has 2 heterocycles. The molecule has 1 aromatic carbocycles. The number of halogens is 3. The maximum Gasteiger partial charge on any atom is 0.272 e. The first-order valence-corrected chi connectivity index (χ1v) is 8.39. The van der Waals surface area contributed by atoms with E-state index in [1.807, 2.05) is 6.07 Å². The Morgan fingerprint density at radius 2 is 1.93 bits per heavy atom. The number of H-pyrrole nitrogens is 1. The average molecular weight is 417 g/mol. The minimum absolute atomic E-state index is 0.0220. The molecular weight excluding hydrogens is 406 g/mol. The Labute approximate surface area is 167 Å². The number of aromatic nitrogens is 3. The number of amides is 2. The highest BCUT2D eigenvalue weighted by atomic mass is 35.5. The predicted octanol–water partition coefficient (Wildman–Crippen LogP) is 2.79. The lowest BCUT2D eigenvalue weighted by atomic mass is 10.2. The minimum Gasteiger partial charge on any atom is -0.347 e. The number of carbonyl (C=O) groups is 2. The molecule has 0 fully saturated rings. The number of hydrogen-bond acceptors (Lipinski definition) is 5. The molecule has 0 unspecified atom stereocenters. The Hall–Kier alpha value is -3.84. The van der Waals surface area contributed by atoms with Crippen LogP contribution in [-0.4, -0.2) is 27.0 Å². The van der Waals surface area contributed by atoms with Crippen LogP contribution in [0.25, 0.3) is 0 Å². The zero-order valence-corrected chi connectivity index (χ0v) is 15.2. The van der Waals surface area contributed by atoms with E-state index in [1.165, 1.54) is 18.3 Å². The van der Waals surface area contributed by atoms with Crippen LogP contribution in [0, 0.1) is 23.0 Å². The smallest absolute Gasteiger partial charge is 0.272 e. The first-order chi connectivity index (χ1) is 13.9. The molecular formula is C18H11ClF2N6O2. The standard InChI is InChI=1S/C18H11ClF2N6O2/c19-12-5-14(21)13(20)4-11(12)17(28)25-16-6-15(26-27-16)18(29)24-8-9-1-2-23-10(3-9)7-22/h1-6H,8H2,(H,24,29)(H2,25,26,27,28). The summed E-state index contributed by atoms with van der Waals surface area (Å²) in [5.74, 6) is -3.70. The second-order valence-electron chi connectivity index (χ2n) is 5.71. The number of aromatic amines is 1. The van der Waals surface area contributed by atoms with Gasteiger partial charge in [0, 0.05) is 18.8 Å². The van der Waals surface area contributed by atoms with Crippen LogP contribution in [0.4, 0.5) is 14.6 Å². The highest BCUT2D eigenvalue weighted by Gasteiger charge is 2.17. The van der Waals surface area contributed by atoms with Gasteiger partial charge in [-0.15, -0.1) is 0 Å². The molecule has 3 rings (SSSR count). The van der Waals surface area contributed by atoms with Crippen molar-refractivity contribution >= 4 is 29.2 Å². The van der Waals surface area contributed by atoms with Gasteiger partial charge in [-0.25, -0.2) is 13.8 Å². The van der Waals surface area contributed by atoms with Gasteiger partial charge in [-0.2, -0.15) is 10.4 Å². The van der Waals surface area contributed by atoms with Gasteiger partial charge >= 0.3 is 0 Å². The average Bonchev–Trinajstić information content (AvgIpc) is 3.17. The van der Waals surface area contributed by atoms with Crippen molar-refractivity contribution in [2.45, 2.75) is 6.54 Å². The third-order valence-electron chi connectivity index (χ3n) is 3.71. The number of nitriles is 1. The Balaban J connectivity index is 1.64. The van der Waals surface area contributed by atoms with E-state index in [0.717, 1.165) is 0 Å². The fraction of sp³-hybridized carbons (Fsp3) is 0.0556. The molecule has 0 atom stereocenters. The van der Waals surface area contributed by atoms with Crippen molar-refractivity contribution in [3.05, 3.63) is 75.7 Å². The van der Waals surface area contributed by atoms with Crippen molar-refractivity contribution in [1.82, 2.24) is 20.5 Å². The summed E-state index contributed by atoms with van der Waals surface area (Å²) in [6.07, 6.45) is 1.45. The predicted molar refractivity (Wildman–Crippen MR) is 98.0 cm³/mol. The van der Waals surface area contributed by atoms with Crippen molar-refractivity contribution in [1.29, 1.82) is 5.26 Å². The maximum absolute atomic E-state index is 13.3. The lowest BCUT2D eigenvalue weighted by Crippen LogP contribution is -2.23. The Kier molecular flexibility index (Phi) is 5.80. The molecule has 0 spiro atoms. The third kappa shape index (κ3) is 4.72. The van der Waals surface area contributed by atoms with Crippen LogP contribution in [0.1, 0.15) is 32.1 Å². The summed E-state index contributed by atoms with van der Waals surface area (Å²) in [5, 5.41) is 19.7. The molecule has 29 heavy (non-hydrogen) atoms. The number of anilines is 1. The van der Waals surface area contributed by atoms with Crippen LogP contribution >= 0.6 is 11.6 Å². The van der Waals surface area contributed by atoms with Gasteiger partial charge in [0.2, 0.25) is 0 Å². The molecule has 0 saturated heterocycles. The highest BCUT2D eigenvalue weighted by Crippen LogP contribution is 2.21. The fourth-order valence-electron chi connectivity index (χ4n) is 2.31. The first-order valence-electron chi connectivity index (χ1n) is 8.02. The zero-order valence-electron chi connectivity index (χ0n) is 14.5. The number of benzene rings is 1. The first kappa shape index (κ1) is 19.9. The molecule has 2 amide bonds. The summed E-state index contributed by atoms with van der Waals surface area (Å²) in [6, 6.07) is 7.68. The van der Waals surface area contributed by atoms with Crippen molar-refractivity contribution in [2.24, 2.45) is 0 Å². The molecule has 0 saturated carbocycles. The zero-order chi connectivity index (χ0) is 21.0. The van der Waals surface area contributed by atoms with Gasteiger partial charge in [0.1, 0.15) is 17.6 Å². The Morgan fingerprint density at radius 1 is 1.17 bits per heavy atom. The van der Waals surface area contributed by atoms with E-state index in [2.05, 4.69) is 25.8 Å². The molecule has 146 valence electrons. The summed E-state index contributed by atoms with van der Waals surface area (Å²) in [7, 11) is 0. The summed E-state index contributed by atoms with van der Waals surface area (Å²) in [6.45, 7) is 0.134. The van der Waals surface area contributed by atoms with Crippen LogP contribution in [0.3, 0.4) is 0 Å². The lowest BCUT2D eigenvalue weighted by Gasteiger charge is -2.05. The van der Waals surface area contributed by atoms with E-state index in [1.54, 1.807) is 6.07 Å². The van der Waals surface area contributed by atoms with Crippen LogP contribution in [-0.2, 0) is 6.54 Å². The third-order valence-corrected chi connectivity index (χ3v) is 4.02. The topological polar surface area (TPSA) is 124 Å². The van der Waals surface area contributed by atoms with E-state index in [0.29, 0.717) is 17.7 Å². The van der Waals surface area contributed by atoms with Crippen molar-refractivity contribution in [2.75, 3.05) is 5.32 Å². The summed E-state index contributed by atoms with van der Waals surface area (Å²) in [4.78, 5) is 28.2. The highest BCUT2D eigenvalue weighted by molar-refractivity contribution is 6.34. The molecule has 3 N–H and O–H groups in total. The minimum atomic E-state index is -1.22. The quantitative estimate of drug-likeness (QED) is 0.552. The monoisotopic (exact) mass is 416 g/mol. The van der Waals surface area contributed by atoms with Crippen molar-refractivity contribution < 1.29 is 18.4 Å². The molecule has 0 bridgehead atoms. The van der Waals surface area contributed by atoms with Gasteiger partial charge in [0.15, 0.2) is 17.3 Å². The van der Waals surface area contributed by atoms with Crippen molar-refractivity contribution in [3.63, 3.8) is 0 Å². The molecule has 8 nitrogen and oxygen atoms in total. The summed E-state index contributed by atoms with van der Waals surface area (Å²) in [5.41, 5.74) is 0.586. The molecule has 0 aliphatic rings. The van der Waals surface area contributed by atoms with Gasteiger partial charge in [-0.1, -0.05) is 11.6 Å². The van der Waals surface area contributed by atoms with E-state index in [4.69, 9.17) is 16.9 Å². The van der Waals surface area contributed by atoms with E-state index in [-0.39, 0.29) is 34.3 Å². The van der Waals surface area contributed by atoms with Crippen LogP contribution in [0.2, 0.25) is 5.02 Å². The fourth-order valence-corrected chi connectivity index (χ4v) is 2.54. The lowest BCUT2D eigenvalue weighted by molar-refractivity contribution is 0.0945. The van der Waals surface area contributed by atoms with Gasteiger partial charge in [0.25, 0.3) is 11.8 Å². The van der Waals surface area contributed by atoms with Crippen LogP contribution in [0.15, 0.2) is 36.5 Å². The number of hydrogen-bond donors (Lipinski definition) is 3. The van der Waals surface area contributed by atoms with Crippen molar-refractivity contribution in [3.8, 4) is 6.07 Å². The normalized spacial score (nSPS) is 10.3. The molecule has 0 aliphatic carbocycles. The molecule has 11 heteroatoms. The van der Waals surface area contributed by atoms with Gasteiger partial charge < -0.3 is 10.6 Å². The van der Waals surface area contributed by atoms with E-state index in [9.17, 15) is 18.4 Å². The molecule has 0 radical (unpaired) electrons. The summed E-state index contributed by atoms with van der Waals surface area (Å²) >= 11 is 5.76. The van der Waals surface area contributed by atoms with Gasteiger partial charge in [-0.05, 0) is 29.8 Å².